The molecule has 0 saturated carbocycles. The molecule has 0 N–H and O–H groups in total. The molecule has 0 aliphatic carbocycles. The molecule has 1 rings (SSSR count). The van der Waals surface area contributed by atoms with Crippen LogP contribution in [-0.2, 0) is 19.1 Å². The molecule has 0 aromatic carbocycles. The Balaban J connectivity index is 2.72. The highest BCUT2D eigenvalue weighted by molar-refractivity contribution is 5.90. The van der Waals surface area contributed by atoms with Gasteiger partial charge in [0.15, 0.2) is 5.78 Å². The molecule has 6 nitrogen and oxygen atoms in total. The maximum Gasteiger partial charge on any atom is 0.411 e. The summed E-state index contributed by atoms with van der Waals surface area (Å²) in [5.74, 6) is -0.528. The van der Waals surface area contributed by atoms with Crippen LogP contribution in [0.4, 0.5) is 4.79 Å². The number of piperidine rings is 1. The minimum absolute atomic E-state index is 0.0709. The van der Waals surface area contributed by atoms with Crippen molar-refractivity contribution in [1.82, 2.24) is 4.90 Å². The zero-order valence-electron chi connectivity index (χ0n) is 13.3. The van der Waals surface area contributed by atoms with E-state index in [4.69, 9.17) is 9.47 Å². The number of unbranched alkanes of at least 4 members (excludes halogenated alkanes) is 1. The lowest BCUT2D eigenvalue weighted by Crippen LogP contribution is -2.52. The normalized spacial score (nSPS) is 19.3. The second-order valence-corrected chi connectivity index (χ2v) is 6.22. The Bertz CT molecular complexity index is 399. The van der Waals surface area contributed by atoms with Crippen LogP contribution in [-0.4, -0.2) is 47.5 Å². The predicted octanol–water partition coefficient (Wildman–Crippen LogP) is 2.30. The molecule has 0 bridgehead atoms. The van der Waals surface area contributed by atoms with Crippen LogP contribution in [0.25, 0.3) is 0 Å². The second-order valence-electron chi connectivity index (χ2n) is 6.22. The van der Waals surface area contributed by atoms with Crippen LogP contribution in [0.3, 0.4) is 0 Å². The smallest absolute Gasteiger partial charge is 0.411 e. The topological polar surface area (TPSA) is 72.9 Å². The quantitative estimate of drug-likeness (QED) is 0.588. The van der Waals surface area contributed by atoms with Gasteiger partial charge in [-0.2, -0.15) is 0 Å². The molecule has 1 amide bonds. The Labute approximate surface area is 125 Å². The number of carbonyl (C=O) groups excluding carboxylic acids is 3. The summed E-state index contributed by atoms with van der Waals surface area (Å²) in [7, 11) is 0. The van der Waals surface area contributed by atoms with E-state index in [9.17, 15) is 14.4 Å². The van der Waals surface area contributed by atoms with E-state index in [-0.39, 0.29) is 18.7 Å². The molecule has 0 spiro atoms. The first kappa shape index (κ1) is 17.5. The van der Waals surface area contributed by atoms with Crippen molar-refractivity contribution in [1.29, 1.82) is 0 Å². The fourth-order valence-electron chi connectivity index (χ4n) is 2.00. The third kappa shape index (κ3) is 5.73. The van der Waals surface area contributed by atoms with Crippen molar-refractivity contribution in [2.75, 3.05) is 13.2 Å². The molecule has 0 aromatic rings. The Hall–Kier alpha value is -1.59. The lowest BCUT2D eigenvalue weighted by atomic mass is 10.0. The first-order valence-electron chi connectivity index (χ1n) is 7.42. The van der Waals surface area contributed by atoms with Crippen LogP contribution in [0, 0.1) is 0 Å². The molecular weight excluding hydrogens is 274 g/mol. The largest absolute Gasteiger partial charge is 0.464 e. The number of ether oxygens (including phenoxy) is 2. The van der Waals surface area contributed by atoms with Gasteiger partial charge in [-0.15, -0.1) is 0 Å². The summed E-state index contributed by atoms with van der Waals surface area (Å²) in [4.78, 5) is 37.0. The Kier molecular flexibility index (Phi) is 6.18. The van der Waals surface area contributed by atoms with Crippen molar-refractivity contribution in [2.24, 2.45) is 0 Å². The first-order valence-corrected chi connectivity index (χ1v) is 7.42. The number of amides is 1. The van der Waals surface area contributed by atoms with Gasteiger partial charge in [-0.05, 0) is 33.6 Å². The first-order chi connectivity index (χ1) is 9.74. The fraction of sp³-hybridized carbons (Fsp3) is 0.800. The van der Waals surface area contributed by atoms with E-state index in [1.807, 2.05) is 6.92 Å². The monoisotopic (exact) mass is 299 g/mol. The van der Waals surface area contributed by atoms with Crippen LogP contribution in [0.15, 0.2) is 0 Å². The SMILES string of the molecule is CCCCOC(=O)C1CCC(=O)CN1C(=O)OC(C)(C)C. The lowest BCUT2D eigenvalue weighted by molar-refractivity contribution is -0.152. The van der Waals surface area contributed by atoms with Crippen molar-refractivity contribution >= 4 is 17.8 Å². The van der Waals surface area contributed by atoms with Crippen molar-refractivity contribution in [3.63, 3.8) is 0 Å². The van der Waals surface area contributed by atoms with E-state index < -0.39 is 23.7 Å². The summed E-state index contributed by atoms with van der Waals surface area (Å²) < 4.78 is 10.4. The maximum absolute atomic E-state index is 12.1. The van der Waals surface area contributed by atoms with Crippen LogP contribution < -0.4 is 0 Å². The standard InChI is InChI=1S/C15H25NO5/c1-5-6-9-20-13(18)12-8-7-11(17)10-16(12)14(19)21-15(2,3)4/h12H,5-10H2,1-4H3. The van der Waals surface area contributed by atoms with Gasteiger partial charge in [-0.1, -0.05) is 13.3 Å². The van der Waals surface area contributed by atoms with Gasteiger partial charge in [0.1, 0.15) is 11.6 Å². The van der Waals surface area contributed by atoms with Gasteiger partial charge < -0.3 is 9.47 Å². The number of hydrogen-bond acceptors (Lipinski definition) is 5. The number of ketones is 1. The maximum atomic E-state index is 12.1. The average molecular weight is 299 g/mol. The molecule has 1 unspecified atom stereocenters. The average Bonchev–Trinajstić information content (AvgIpc) is 2.36. The number of Topliss-reactive ketones (excluding diaryl/α,β-unsaturated/α-hetero) is 1. The molecule has 1 heterocycles. The van der Waals surface area contributed by atoms with E-state index in [1.54, 1.807) is 20.8 Å². The van der Waals surface area contributed by atoms with E-state index in [1.165, 1.54) is 4.90 Å². The van der Waals surface area contributed by atoms with Crippen LogP contribution in [0.5, 0.6) is 0 Å². The van der Waals surface area contributed by atoms with Crippen LogP contribution in [0.2, 0.25) is 0 Å². The van der Waals surface area contributed by atoms with Gasteiger partial charge in [-0.3, -0.25) is 9.69 Å². The second kappa shape index (κ2) is 7.43. The molecule has 0 radical (unpaired) electrons. The highest BCUT2D eigenvalue weighted by Crippen LogP contribution is 2.20. The zero-order valence-corrected chi connectivity index (χ0v) is 13.3. The lowest BCUT2D eigenvalue weighted by Gasteiger charge is -2.34. The Morgan fingerprint density at radius 1 is 1.33 bits per heavy atom. The van der Waals surface area contributed by atoms with Crippen molar-refractivity contribution in [2.45, 2.75) is 65.0 Å². The molecule has 1 aliphatic heterocycles. The third-order valence-electron chi connectivity index (χ3n) is 3.06. The van der Waals surface area contributed by atoms with Crippen LogP contribution in [0.1, 0.15) is 53.4 Å². The van der Waals surface area contributed by atoms with Crippen LogP contribution >= 0.6 is 0 Å². The summed E-state index contributed by atoms with van der Waals surface area (Å²) >= 11 is 0. The van der Waals surface area contributed by atoms with Crippen molar-refractivity contribution in [3.8, 4) is 0 Å². The molecule has 0 aromatic heterocycles. The third-order valence-corrected chi connectivity index (χ3v) is 3.06. The summed E-state index contributed by atoms with van der Waals surface area (Å²) in [5, 5.41) is 0. The van der Waals surface area contributed by atoms with Gasteiger partial charge in [0.25, 0.3) is 0 Å². The number of carbonyl (C=O) groups is 3. The van der Waals surface area contributed by atoms with Crippen molar-refractivity contribution < 1.29 is 23.9 Å². The molecule has 6 heteroatoms. The van der Waals surface area contributed by atoms with E-state index in [0.717, 1.165) is 12.8 Å². The van der Waals surface area contributed by atoms with E-state index in [2.05, 4.69) is 0 Å². The van der Waals surface area contributed by atoms with Gasteiger partial charge >= 0.3 is 12.1 Å². The Morgan fingerprint density at radius 3 is 2.57 bits per heavy atom. The number of rotatable bonds is 4. The molecule has 1 aliphatic rings. The fourth-order valence-corrected chi connectivity index (χ4v) is 2.00. The van der Waals surface area contributed by atoms with Gasteiger partial charge in [-0.25, -0.2) is 9.59 Å². The highest BCUT2D eigenvalue weighted by atomic mass is 16.6. The molecule has 1 fully saturated rings. The van der Waals surface area contributed by atoms with Crippen molar-refractivity contribution in [3.05, 3.63) is 0 Å². The number of likely N-dealkylation sites (tertiary alicyclic amines) is 1. The molecule has 120 valence electrons. The molecular formula is C15H25NO5. The summed E-state index contributed by atoms with van der Waals surface area (Å²) in [5.41, 5.74) is -0.672. The van der Waals surface area contributed by atoms with Gasteiger partial charge in [0.05, 0.1) is 13.2 Å². The number of nitrogens with zero attached hydrogens (tertiary/aromatic N) is 1. The predicted molar refractivity (Wildman–Crippen MR) is 76.8 cm³/mol. The molecule has 1 saturated heterocycles. The summed E-state index contributed by atoms with van der Waals surface area (Å²) in [6, 6.07) is -0.727. The number of esters is 1. The highest BCUT2D eigenvalue weighted by Gasteiger charge is 2.38. The summed E-state index contributed by atoms with van der Waals surface area (Å²) in [6.07, 6.45) is 1.64. The summed E-state index contributed by atoms with van der Waals surface area (Å²) in [6.45, 7) is 7.46. The zero-order chi connectivity index (χ0) is 16.0. The minimum Gasteiger partial charge on any atom is -0.464 e. The molecule has 1 atom stereocenters. The van der Waals surface area contributed by atoms with Gasteiger partial charge in [0.2, 0.25) is 0 Å². The van der Waals surface area contributed by atoms with E-state index >= 15 is 0 Å². The Morgan fingerprint density at radius 2 is 2.00 bits per heavy atom. The number of hydrogen-bond donors (Lipinski definition) is 0. The minimum atomic E-state index is -0.727. The van der Waals surface area contributed by atoms with E-state index in [0.29, 0.717) is 13.0 Å². The van der Waals surface area contributed by atoms with Gasteiger partial charge in [0, 0.05) is 6.42 Å². The molecule has 21 heavy (non-hydrogen) atoms.